The van der Waals surface area contributed by atoms with E-state index in [1.807, 2.05) is 42.5 Å². The molecule has 5 nitrogen and oxygen atoms in total. The molecule has 1 saturated heterocycles. The molecule has 0 spiro atoms. The molecule has 5 heteroatoms. The van der Waals surface area contributed by atoms with Crippen LogP contribution in [0.1, 0.15) is 10.4 Å². The maximum Gasteiger partial charge on any atom is 0.339 e. The van der Waals surface area contributed by atoms with Gasteiger partial charge in [0.25, 0.3) is 5.91 Å². The van der Waals surface area contributed by atoms with Crippen molar-refractivity contribution in [2.45, 2.75) is 0 Å². The molecule has 2 aromatic carbocycles. The molecule has 0 radical (unpaired) electrons. The molecule has 1 aliphatic heterocycles. The van der Waals surface area contributed by atoms with Gasteiger partial charge in [0.1, 0.15) is 0 Å². The molecule has 2 aromatic rings. The minimum Gasteiger partial charge on any atom is -0.452 e. The first kappa shape index (κ1) is 16.2. The lowest BCUT2D eigenvalue weighted by atomic mass is 10.00. The lowest BCUT2D eigenvalue weighted by Crippen LogP contribution is -2.42. The molecule has 0 unspecified atom stereocenters. The third-order valence-electron chi connectivity index (χ3n) is 3.92. The summed E-state index contributed by atoms with van der Waals surface area (Å²) in [5, 5.41) is 0. The van der Waals surface area contributed by atoms with Crippen molar-refractivity contribution in [2.75, 3.05) is 32.9 Å². The van der Waals surface area contributed by atoms with Crippen LogP contribution in [0.25, 0.3) is 11.1 Å². The third-order valence-corrected chi connectivity index (χ3v) is 3.92. The number of morpholine rings is 1. The molecule has 0 N–H and O–H groups in total. The lowest BCUT2D eigenvalue weighted by Gasteiger charge is -2.26. The van der Waals surface area contributed by atoms with Gasteiger partial charge in [-0.05, 0) is 17.2 Å². The highest BCUT2D eigenvalue weighted by atomic mass is 16.5. The summed E-state index contributed by atoms with van der Waals surface area (Å²) in [7, 11) is 0. The van der Waals surface area contributed by atoms with Crippen molar-refractivity contribution in [3.8, 4) is 11.1 Å². The number of esters is 1. The summed E-state index contributed by atoms with van der Waals surface area (Å²) in [6.45, 7) is 1.88. The Morgan fingerprint density at radius 1 is 0.958 bits per heavy atom. The average Bonchev–Trinajstić information content (AvgIpc) is 2.67. The van der Waals surface area contributed by atoms with Crippen LogP contribution in [-0.2, 0) is 14.3 Å². The molecule has 24 heavy (non-hydrogen) atoms. The van der Waals surface area contributed by atoms with Gasteiger partial charge in [-0.1, -0.05) is 48.5 Å². The van der Waals surface area contributed by atoms with Crippen LogP contribution < -0.4 is 0 Å². The second-order valence-electron chi connectivity index (χ2n) is 5.48. The van der Waals surface area contributed by atoms with Crippen molar-refractivity contribution in [2.24, 2.45) is 0 Å². The molecule has 124 valence electrons. The van der Waals surface area contributed by atoms with Gasteiger partial charge in [-0.15, -0.1) is 0 Å². The molecule has 1 aliphatic rings. The Hall–Kier alpha value is -2.66. The van der Waals surface area contributed by atoms with E-state index in [4.69, 9.17) is 9.47 Å². The first-order valence-electron chi connectivity index (χ1n) is 7.93. The molecule has 0 saturated carbocycles. The highest BCUT2D eigenvalue weighted by molar-refractivity contribution is 5.98. The molecule has 0 aliphatic carbocycles. The van der Waals surface area contributed by atoms with Gasteiger partial charge < -0.3 is 14.4 Å². The number of carbonyl (C=O) groups is 2. The van der Waals surface area contributed by atoms with Crippen LogP contribution in [0.3, 0.4) is 0 Å². The summed E-state index contributed by atoms with van der Waals surface area (Å²) in [5.74, 6) is -0.681. The summed E-state index contributed by atoms with van der Waals surface area (Å²) in [6, 6.07) is 16.9. The Labute approximate surface area is 140 Å². The van der Waals surface area contributed by atoms with E-state index in [0.717, 1.165) is 11.1 Å². The highest BCUT2D eigenvalue weighted by Gasteiger charge is 2.20. The summed E-state index contributed by atoms with van der Waals surface area (Å²) in [5.41, 5.74) is 2.19. The van der Waals surface area contributed by atoms with Crippen molar-refractivity contribution in [3.63, 3.8) is 0 Å². The molecule has 0 atom stereocenters. The van der Waals surface area contributed by atoms with E-state index < -0.39 is 5.97 Å². The van der Waals surface area contributed by atoms with Crippen molar-refractivity contribution >= 4 is 11.9 Å². The zero-order chi connectivity index (χ0) is 16.8. The zero-order valence-electron chi connectivity index (χ0n) is 13.3. The molecule has 1 fully saturated rings. The molecule has 3 rings (SSSR count). The van der Waals surface area contributed by atoms with E-state index in [9.17, 15) is 9.59 Å². The summed E-state index contributed by atoms with van der Waals surface area (Å²) in [6.07, 6.45) is 0. The second-order valence-corrected chi connectivity index (χ2v) is 5.48. The topological polar surface area (TPSA) is 55.8 Å². The minimum atomic E-state index is -0.490. The molecule has 1 heterocycles. The lowest BCUT2D eigenvalue weighted by molar-refractivity contribution is -0.138. The Bertz CT molecular complexity index is 708. The minimum absolute atomic E-state index is 0.191. The highest BCUT2D eigenvalue weighted by Crippen LogP contribution is 2.24. The van der Waals surface area contributed by atoms with Crippen molar-refractivity contribution < 1.29 is 19.1 Å². The fourth-order valence-electron chi connectivity index (χ4n) is 2.64. The predicted molar refractivity (Wildman–Crippen MR) is 89.6 cm³/mol. The van der Waals surface area contributed by atoms with E-state index in [0.29, 0.717) is 31.9 Å². The largest absolute Gasteiger partial charge is 0.452 e. The molecular weight excluding hydrogens is 306 g/mol. The number of benzene rings is 2. The average molecular weight is 325 g/mol. The normalized spacial score (nSPS) is 14.2. The van der Waals surface area contributed by atoms with Gasteiger partial charge in [-0.2, -0.15) is 0 Å². The molecule has 0 bridgehead atoms. The number of amides is 1. The third kappa shape index (κ3) is 3.81. The first-order chi connectivity index (χ1) is 11.8. The maximum absolute atomic E-state index is 12.4. The smallest absolute Gasteiger partial charge is 0.339 e. The van der Waals surface area contributed by atoms with Crippen molar-refractivity contribution in [1.29, 1.82) is 0 Å². The zero-order valence-corrected chi connectivity index (χ0v) is 13.3. The van der Waals surface area contributed by atoms with Crippen LogP contribution in [0.15, 0.2) is 54.6 Å². The van der Waals surface area contributed by atoms with Gasteiger partial charge in [0, 0.05) is 13.1 Å². The fourth-order valence-corrected chi connectivity index (χ4v) is 2.64. The van der Waals surface area contributed by atoms with E-state index in [1.165, 1.54) is 0 Å². The predicted octanol–water partition coefficient (Wildman–Crippen LogP) is 2.37. The first-order valence-corrected chi connectivity index (χ1v) is 7.93. The van der Waals surface area contributed by atoms with E-state index >= 15 is 0 Å². The van der Waals surface area contributed by atoms with E-state index in [1.54, 1.807) is 17.0 Å². The van der Waals surface area contributed by atoms with Crippen LogP contribution in [0.4, 0.5) is 0 Å². The maximum atomic E-state index is 12.4. The van der Waals surface area contributed by atoms with Gasteiger partial charge in [0.15, 0.2) is 6.61 Å². The number of nitrogens with zero attached hydrogens (tertiary/aromatic N) is 1. The Morgan fingerprint density at radius 3 is 2.38 bits per heavy atom. The Morgan fingerprint density at radius 2 is 1.62 bits per heavy atom. The van der Waals surface area contributed by atoms with Crippen LogP contribution in [0.2, 0.25) is 0 Å². The monoisotopic (exact) mass is 325 g/mol. The SMILES string of the molecule is O=C(OCC(=O)N1CCOCC1)c1ccccc1-c1ccccc1. The fraction of sp³-hybridized carbons (Fsp3) is 0.263. The van der Waals surface area contributed by atoms with Crippen LogP contribution in [0, 0.1) is 0 Å². The van der Waals surface area contributed by atoms with Gasteiger partial charge in [0.2, 0.25) is 0 Å². The van der Waals surface area contributed by atoms with E-state index in [2.05, 4.69) is 0 Å². The number of hydrogen-bond acceptors (Lipinski definition) is 4. The Kier molecular flexibility index (Phi) is 5.23. The molecular formula is C19H19NO4. The Balaban J connectivity index is 1.68. The van der Waals surface area contributed by atoms with Crippen molar-refractivity contribution in [3.05, 3.63) is 60.2 Å². The summed E-state index contributed by atoms with van der Waals surface area (Å²) < 4.78 is 10.4. The van der Waals surface area contributed by atoms with E-state index in [-0.39, 0.29) is 12.5 Å². The van der Waals surface area contributed by atoms with Gasteiger partial charge in [0.05, 0.1) is 18.8 Å². The van der Waals surface area contributed by atoms with Gasteiger partial charge >= 0.3 is 5.97 Å². The standard InChI is InChI=1S/C19H19NO4/c21-18(20-10-12-23-13-11-20)14-24-19(22)17-9-5-4-8-16(17)15-6-2-1-3-7-15/h1-9H,10-14H2. The van der Waals surface area contributed by atoms with Crippen molar-refractivity contribution in [1.82, 2.24) is 4.90 Å². The number of carbonyl (C=O) groups excluding carboxylic acids is 2. The number of ether oxygens (including phenoxy) is 2. The molecule has 0 aromatic heterocycles. The van der Waals surface area contributed by atoms with Crippen LogP contribution in [-0.4, -0.2) is 49.7 Å². The summed E-state index contributed by atoms with van der Waals surface area (Å²) >= 11 is 0. The van der Waals surface area contributed by atoms with Gasteiger partial charge in [-0.25, -0.2) is 4.79 Å². The van der Waals surface area contributed by atoms with Crippen LogP contribution >= 0.6 is 0 Å². The molecule has 1 amide bonds. The second kappa shape index (κ2) is 7.75. The van der Waals surface area contributed by atoms with Gasteiger partial charge in [-0.3, -0.25) is 4.79 Å². The van der Waals surface area contributed by atoms with Crippen LogP contribution in [0.5, 0.6) is 0 Å². The summed E-state index contributed by atoms with van der Waals surface area (Å²) in [4.78, 5) is 26.1. The number of rotatable bonds is 4. The number of hydrogen-bond donors (Lipinski definition) is 0. The quantitative estimate of drug-likeness (QED) is 0.810.